The lowest BCUT2D eigenvalue weighted by atomic mass is 10.1. The second kappa shape index (κ2) is 9.21. The van der Waals surface area contributed by atoms with Gasteiger partial charge in [-0.05, 0) is 37.6 Å². The maximum Gasteiger partial charge on any atom is 0.242 e. The molecule has 7 heteroatoms. The molecule has 2 aromatic rings. The Hall–Kier alpha value is -2.09. The molecule has 0 saturated carbocycles. The van der Waals surface area contributed by atoms with Gasteiger partial charge in [-0.3, -0.25) is 0 Å². The summed E-state index contributed by atoms with van der Waals surface area (Å²) in [5, 5.41) is 3.37. The molecule has 0 aromatic heterocycles. The van der Waals surface area contributed by atoms with Crippen molar-refractivity contribution in [3.05, 3.63) is 53.6 Å². The number of hydrogen-bond donors (Lipinski definition) is 1. The van der Waals surface area contributed by atoms with Crippen LogP contribution >= 0.6 is 0 Å². The molecule has 0 aliphatic carbocycles. The second-order valence-corrected chi connectivity index (χ2v) is 8.80. The third-order valence-corrected chi connectivity index (χ3v) is 5.81. The quantitative estimate of drug-likeness (QED) is 0.710. The number of nitrogens with zero attached hydrogens (tertiary/aromatic N) is 1. The van der Waals surface area contributed by atoms with Gasteiger partial charge in [0.15, 0.2) is 11.5 Å². The molecule has 0 aliphatic heterocycles. The van der Waals surface area contributed by atoms with Gasteiger partial charge in [0, 0.05) is 32.7 Å². The van der Waals surface area contributed by atoms with Crippen molar-refractivity contribution in [2.24, 2.45) is 0 Å². The molecule has 0 spiro atoms. The minimum atomic E-state index is -3.40. The van der Waals surface area contributed by atoms with E-state index in [0.29, 0.717) is 18.8 Å². The monoisotopic (exact) mass is 392 g/mol. The Morgan fingerprint density at radius 1 is 1.04 bits per heavy atom. The molecule has 2 aromatic carbocycles. The zero-order valence-corrected chi connectivity index (χ0v) is 17.3. The van der Waals surface area contributed by atoms with Gasteiger partial charge in [0.25, 0.3) is 0 Å². The number of nitrogens with one attached hydrogen (secondary N) is 1. The molecule has 0 aliphatic rings. The lowest BCUT2D eigenvalue weighted by Gasteiger charge is -2.18. The summed E-state index contributed by atoms with van der Waals surface area (Å²) < 4.78 is 36.7. The van der Waals surface area contributed by atoms with E-state index in [1.165, 1.54) is 18.4 Å². The van der Waals surface area contributed by atoms with Crippen LogP contribution in [0, 0.1) is 0 Å². The predicted molar refractivity (Wildman–Crippen MR) is 107 cm³/mol. The Morgan fingerprint density at radius 3 is 2.26 bits per heavy atom. The van der Waals surface area contributed by atoms with Crippen molar-refractivity contribution in [1.29, 1.82) is 0 Å². The topological polar surface area (TPSA) is 67.9 Å². The summed E-state index contributed by atoms with van der Waals surface area (Å²) in [4.78, 5) is 0.289. The second-order valence-electron chi connectivity index (χ2n) is 6.65. The van der Waals surface area contributed by atoms with Crippen molar-refractivity contribution in [1.82, 2.24) is 9.62 Å². The van der Waals surface area contributed by atoms with Crippen LogP contribution < -0.4 is 14.8 Å². The van der Waals surface area contributed by atoms with E-state index in [0.717, 1.165) is 16.9 Å². The molecule has 1 N–H and O–H groups in total. The zero-order chi connectivity index (χ0) is 20.0. The zero-order valence-electron chi connectivity index (χ0n) is 16.5. The smallest absolute Gasteiger partial charge is 0.242 e. The van der Waals surface area contributed by atoms with Gasteiger partial charge in [-0.15, -0.1) is 0 Å². The summed E-state index contributed by atoms with van der Waals surface area (Å²) in [6, 6.07) is 12.7. The Bertz CT molecular complexity index is 847. The first kappa shape index (κ1) is 21.2. The normalized spacial score (nSPS) is 11.8. The Kier molecular flexibility index (Phi) is 7.24. The number of sulfonamides is 1. The maximum absolute atomic E-state index is 12.1. The van der Waals surface area contributed by atoms with Gasteiger partial charge < -0.3 is 14.8 Å². The molecule has 0 radical (unpaired) electrons. The van der Waals surface area contributed by atoms with Gasteiger partial charge in [0.2, 0.25) is 10.0 Å². The highest BCUT2D eigenvalue weighted by molar-refractivity contribution is 7.89. The van der Waals surface area contributed by atoms with Crippen LogP contribution in [0.3, 0.4) is 0 Å². The molecular weight excluding hydrogens is 364 g/mol. The molecule has 2 rings (SSSR count). The number of benzene rings is 2. The van der Waals surface area contributed by atoms with Crippen molar-refractivity contribution in [2.45, 2.75) is 37.9 Å². The van der Waals surface area contributed by atoms with E-state index >= 15 is 0 Å². The highest BCUT2D eigenvalue weighted by atomic mass is 32.2. The third-order valence-electron chi connectivity index (χ3n) is 3.98. The Morgan fingerprint density at radius 2 is 1.70 bits per heavy atom. The lowest BCUT2D eigenvalue weighted by molar-refractivity contribution is 0.227. The van der Waals surface area contributed by atoms with Gasteiger partial charge in [0.1, 0.15) is 0 Å². The van der Waals surface area contributed by atoms with Crippen molar-refractivity contribution >= 4 is 10.0 Å². The summed E-state index contributed by atoms with van der Waals surface area (Å²) in [6.07, 6.45) is 0.0474. The number of rotatable bonds is 9. The molecule has 0 bridgehead atoms. The van der Waals surface area contributed by atoms with E-state index < -0.39 is 10.0 Å². The van der Waals surface area contributed by atoms with Gasteiger partial charge in [-0.1, -0.05) is 24.3 Å². The molecule has 27 heavy (non-hydrogen) atoms. The number of methoxy groups -OCH3 is 1. The number of ether oxygens (including phenoxy) is 2. The summed E-state index contributed by atoms with van der Waals surface area (Å²) in [7, 11) is 1.28. The molecule has 148 valence electrons. The summed E-state index contributed by atoms with van der Waals surface area (Å²) >= 11 is 0. The molecule has 0 unspecified atom stereocenters. The number of hydrogen-bond acceptors (Lipinski definition) is 5. The number of para-hydroxylation sites is 1. The van der Waals surface area contributed by atoms with E-state index in [9.17, 15) is 8.42 Å². The lowest BCUT2D eigenvalue weighted by Crippen LogP contribution is -2.22. The SMILES string of the molecule is COc1cccc(CNCc2ccc(S(=O)(=O)N(C)C)cc2)c1OC(C)C. The highest BCUT2D eigenvalue weighted by Crippen LogP contribution is 2.32. The fourth-order valence-corrected chi connectivity index (χ4v) is 3.46. The first-order valence-electron chi connectivity index (χ1n) is 8.80. The molecule has 0 atom stereocenters. The largest absolute Gasteiger partial charge is 0.493 e. The van der Waals surface area contributed by atoms with Crippen LogP contribution in [0.25, 0.3) is 0 Å². The van der Waals surface area contributed by atoms with Crippen LogP contribution in [0.2, 0.25) is 0 Å². The highest BCUT2D eigenvalue weighted by Gasteiger charge is 2.16. The fourth-order valence-electron chi connectivity index (χ4n) is 2.56. The average Bonchev–Trinajstić information content (AvgIpc) is 2.62. The first-order valence-corrected chi connectivity index (χ1v) is 10.2. The standard InChI is InChI=1S/C20H28N2O4S/c1-15(2)26-20-17(7-6-8-19(20)25-5)14-21-13-16-9-11-18(12-10-16)27(23,24)22(3)4/h6-12,15,21H,13-14H2,1-5H3. The van der Waals surface area contributed by atoms with Gasteiger partial charge in [-0.2, -0.15) is 0 Å². The first-order chi connectivity index (χ1) is 12.8. The average molecular weight is 393 g/mol. The van der Waals surface area contributed by atoms with E-state index in [-0.39, 0.29) is 11.0 Å². The molecule has 0 heterocycles. The van der Waals surface area contributed by atoms with Crippen LogP contribution in [0.5, 0.6) is 11.5 Å². The van der Waals surface area contributed by atoms with Gasteiger partial charge >= 0.3 is 0 Å². The van der Waals surface area contributed by atoms with E-state index in [2.05, 4.69) is 5.32 Å². The van der Waals surface area contributed by atoms with Crippen molar-refractivity contribution in [3.8, 4) is 11.5 Å². The van der Waals surface area contributed by atoms with Crippen molar-refractivity contribution < 1.29 is 17.9 Å². The predicted octanol–water partition coefficient (Wildman–Crippen LogP) is 3.02. The van der Waals surface area contributed by atoms with Crippen molar-refractivity contribution in [3.63, 3.8) is 0 Å². The van der Waals surface area contributed by atoms with Crippen LogP contribution in [0.15, 0.2) is 47.4 Å². The molecular formula is C20H28N2O4S. The van der Waals surface area contributed by atoms with Gasteiger partial charge in [-0.25, -0.2) is 12.7 Å². The van der Waals surface area contributed by atoms with Gasteiger partial charge in [0.05, 0.1) is 18.1 Å². The van der Waals surface area contributed by atoms with Crippen LogP contribution in [-0.4, -0.2) is 40.0 Å². The van der Waals surface area contributed by atoms with E-state index in [1.807, 2.05) is 44.2 Å². The molecule has 0 amide bonds. The third kappa shape index (κ3) is 5.45. The van der Waals surface area contributed by atoms with E-state index in [1.54, 1.807) is 19.2 Å². The van der Waals surface area contributed by atoms with Crippen molar-refractivity contribution in [2.75, 3.05) is 21.2 Å². The summed E-state index contributed by atoms with van der Waals surface area (Å²) in [5.41, 5.74) is 2.01. The molecule has 6 nitrogen and oxygen atoms in total. The summed E-state index contributed by atoms with van der Waals surface area (Å²) in [5.74, 6) is 1.45. The molecule has 0 saturated heterocycles. The fraction of sp³-hybridized carbons (Fsp3) is 0.400. The molecule has 0 fully saturated rings. The minimum Gasteiger partial charge on any atom is -0.493 e. The van der Waals surface area contributed by atoms with E-state index in [4.69, 9.17) is 9.47 Å². The maximum atomic E-state index is 12.1. The minimum absolute atomic E-state index is 0.0474. The van der Waals surface area contributed by atoms with Crippen LogP contribution in [0.1, 0.15) is 25.0 Å². The Balaban J connectivity index is 2.05. The van der Waals surface area contributed by atoms with Crippen LogP contribution in [-0.2, 0) is 23.1 Å². The Labute approximate surface area is 162 Å². The summed E-state index contributed by atoms with van der Waals surface area (Å²) in [6.45, 7) is 5.18. The van der Waals surface area contributed by atoms with Crippen LogP contribution in [0.4, 0.5) is 0 Å².